The van der Waals surface area contributed by atoms with Crippen LogP contribution in [-0.2, 0) is 4.79 Å². The molecule has 0 bridgehead atoms. The molecule has 2 N–H and O–H groups in total. The van der Waals surface area contributed by atoms with E-state index in [4.69, 9.17) is 4.74 Å². The van der Waals surface area contributed by atoms with Gasteiger partial charge in [0.05, 0.1) is 6.61 Å². The van der Waals surface area contributed by atoms with Gasteiger partial charge >= 0.3 is 5.97 Å². The molecule has 0 aromatic heterocycles. The molecule has 0 fully saturated rings. The lowest BCUT2D eigenvalue weighted by Crippen LogP contribution is -2.50. The molecule has 1 aromatic rings. The van der Waals surface area contributed by atoms with Crippen molar-refractivity contribution in [2.45, 2.75) is 32.2 Å². The number of aliphatic carboxylic acids is 1. The van der Waals surface area contributed by atoms with E-state index in [0.717, 1.165) is 18.6 Å². The van der Waals surface area contributed by atoms with E-state index in [1.54, 1.807) is 6.92 Å². The Morgan fingerprint density at radius 1 is 1.40 bits per heavy atom. The van der Waals surface area contributed by atoms with Gasteiger partial charge in [-0.3, -0.25) is 4.79 Å². The van der Waals surface area contributed by atoms with E-state index in [9.17, 15) is 18.7 Å². The van der Waals surface area contributed by atoms with Crippen LogP contribution < -0.4 is 10.1 Å². The summed E-state index contributed by atoms with van der Waals surface area (Å²) in [4.78, 5) is 11.2. The second kappa shape index (κ2) is 7.19. The lowest BCUT2D eigenvalue weighted by Gasteiger charge is -2.26. The summed E-state index contributed by atoms with van der Waals surface area (Å²) in [5, 5.41) is 12.1. The molecule has 112 valence electrons. The van der Waals surface area contributed by atoms with Gasteiger partial charge < -0.3 is 15.2 Å². The van der Waals surface area contributed by atoms with Gasteiger partial charge in [-0.1, -0.05) is 6.92 Å². The molecule has 0 saturated carbocycles. The predicted molar refractivity (Wildman–Crippen MR) is 70.8 cm³/mol. The molecule has 6 heteroatoms. The van der Waals surface area contributed by atoms with Crippen molar-refractivity contribution in [3.05, 3.63) is 29.8 Å². The topological polar surface area (TPSA) is 58.6 Å². The Balaban J connectivity index is 2.55. The van der Waals surface area contributed by atoms with E-state index < -0.39 is 23.1 Å². The van der Waals surface area contributed by atoms with Crippen molar-refractivity contribution in [1.82, 2.24) is 5.32 Å². The predicted octanol–water partition coefficient (Wildman–Crippen LogP) is 2.58. The van der Waals surface area contributed by atoms with Crippen LogP contribution in [0.2, 0.25) is 0 Å². The van der Waals surface area contributed by atoms with Crippen molar-refractivity contribution in [1.29, 1.82) is 0 Å². The van der Waals surface area contributed by atoms with E-state index >= 15 is 0 Å². The Hall–Kier alpha value is -1.69. The number of rotatable bonds is 8. The van der Waals surface area contributed by atoms with Gasteiger partial charge in [-0.25, -0.2) is 8.78 Å². The minimum absolute atomic E-state index is 0.0879. The zero-order valence-corrected chi connectivity index (χ0v) is 11.6. The SMILES string of the molecule is CCCNC(C)(CCOc1ccc(F)c(F)c1)C(=O)O. The maximum absolute atomic E-state index is 13.0. The fraction of sp³-hybridized carbons (Fsp3) is 0.500. The first kappa shape index (κ1) is 16.4. The summed E-state index contributed by atoms with van der Waals surface area (Å²) in [5.74, 6) is -2.74. The number of nitrogens with one attached hydrogen (secondary N) is 1. The van der Waals surface area contributed by atoms with Crippen LogP contribution in [-0.4, -0.2) is 29.8 Å². The van der Waals surface area contributed by atoms with Crippen molar-refractivity contribution in [3.8, 4) is 5.75 Å². The van der Waals surface area contributed by atoms with Crippen LogP contribution in [0.3, 0.4) is 0 Å². The van der Waals surface area contributed by atoms with Crippen LogP contribution in [0, 0.1) is 11.6 Å². The van der Waals surface area contributed by atoms with E-state index in [1.165, 1.54) is 6.07 Å². The van der Waals surface area contributed by atoms with Gasteiger partial charge in [-0.05, 0) is 32.0 Å². The van der Waals surface area contributed by atoms with Crippen LogP contribution in [0.25, 0.3) is 0 Å². The standard InChI is InChI=1S/C14H19F2NO3/c1-3-7-17-14(2,13(18)19)6-8-20-10-4-5-11(15)12(16)9-10/h4-5,9,17H,3,6-8H2,1-2H3,(H,18,19). The zero-order chi connectivity index (χ0) is 15.2. The summed E-state index contributed by atoms with van der Waals surface area (Å²) in [6.45, 7) is 4.17. The highest BCUT2D eigenvalue weighted by molar-refractivity contribution is 5.78. The van der Waals surface area contributed by atoms with Gasteiger partial charge in [-0.15, -0.1) is 0 Å². The Morgan fingerprint density at radius 3 is 2.65 bits per heavy atom. The molecular formula is C14H19F2NO3. The number of halogens is 2. The third kappa shape index (κ3) is 4.45. The summed E-state index contributed by atoms with van der Waals surface area (Å²) in [7, 11) is 0. The third-order valence-corrected chi connectivity index (χ3v) is 3.00. The molecule has 1 atom stereocenters. The molecule has 1 unspecified atom stereocenters. The molecule has 0 amide bonds. The van der Waals surface area contributed by atoms with Gasteiger partial charge in [-0.2, -0.15) is 0 Å². The molecule has 0 saturated heterocycles. The highest BCUT2D eigenvalue weighted by Crippen LogP contribution is 2.17. The summed E-state index contributed by atoms with van der Waals surface area (Å²) in [6, 6.07) is 3.21. The maximum Gasteiger partial charge on any atom is 0.323 e. The first-order valence-corrected chi connectivity index (χ1v) is 6.45. The lowest BCUT2D eigenvalue weighted by atomic mass is 9.98. The second-order valence-corrected chi connectivity index (χ2v) is 4.74. The molecule has 0 radical (unpaired) electrons. The molecule has 0 aliphatic carbocycles. The molecule has 20 heavy (non-hydrogen) atoms. The lowest BCUT2D eigenvalue weighted by molar-refractivity contribution is -0.144. The van der Waals surface area contributed by atoms with Crippen LogP contribution in [0.15, 0.2) is 18.2 Å². The summed E-state index contributed by atoms with van der Waals surface area (Å²) >= 11 is 0. The van der Waals surface area contributed by atoms with Crippen LogP contribution in [0.4, 0.5) is 8.78 Å². The Kier molecular flexibility index (Phi) is 5.88. The highest BCUT2D eigenvalue weighted by Gasteiger charge is 2.32. The summed E-state index contributed by atoms with van der Waals surface area (Å²) < 4.78 is 31.0. The van der Waals surface area contributed by atoms with Gasteiger partial charge in [0.15, 0.2) is 11.6 Å². The van der Waals surface area contributed by atoms with Gasteiger partial charge in [0.25, 0.3) is 0 Å². The number of carbonyl (C=O) groups is 1. The number of ether oxygens (including phenoxy) is 1. The number of hydrogen-bond donors (Lipinski definition) is 2. The Labute approximate surface area is 116 Å². The number of carboxylic acids is 1. The second-order valence-electron chi connectivity index (χ2n) is 4.74. The van der Waals surface area contributed by atoms with Crippen molar-refractivity contribution in [2.75, 3.05) is 13.2 Å². The van der Waals surface area contributed by atoms with Gasteiger partial charge in [0, 0.05) is 12.5 Å². The Morgan fingerprint density at radius 2 is 2.10 bits per heavy atom. The fourth-order valence-electron chi connectivity index (χ4n) is 1.61. The van der Waals surface area contributed by atoms with Crippen molar-refractivity contribution < 1.29 is 23.4 Å². The fourth-order valence-corrected chi connectivity index (χ4v) is 1.61. The van der Waals surface area contributed by atoms with Crippen LogP contribution in [0.5, 0.6) is 5.75 Å². The Bertz CT molecular complexity index is 468. The first-order chi connectivity index (χ1) is 9.39. The number of benzene rings is 1. The van der Waals surface area contributed by atoms with Gasteiger partial charge in [0.1, 0.15) is 11.3 Å². The molecule has 0 heterocycles. The number of carboxylic acid groups (broad SMARTS) is 1. The largest absolute Gasteiger partial charge is 0.493 e. The van der Waals surface area contributed by atoms with E-state index in [2.05, 4.69) is 5.32 Å². The maximum atomic E-state index is 13.0. The summed E-state index contributed by atoms with van der Waals surface area (Å²) in [5.41, 5.74) is -1.10. The highest BCUT2D eigenvalue weighted by atomic mass is 19.2. The molecule has 0 spiro atoms. The smallest absolute Gasteiger partial charge is 0.323 e. The monoisotopic (exact) mass is 287 g/mol. The normalized spacial score (nSPS) is 13.8. The van der Waals surface area contributed by atoms with Crippen molar-refractivity contribution in [3.63, 3.8) is 0 Å². The average Bonchev–Trinajstić information content (AvgIpc) is 2.40. The molecule has 0 aliphatic heterocycles. The summed E-state index contributed by atoms with van der Waals surface area (Å²) in [6.07, 6.45) is 1.02. The van der Waals surface area contributed by atoms with E-state index in [0.29, 0.717) is 6.54 Å². The quantitative estimate of drug-likeness (QED) is 0.771. The van der Waals surface area contributed by atoms with Crippen molar-refractivity contribution >= 4 is 5.97 Å². The number of hydrogen-bond acceptors (Lipinski definition) is 3. The van der Waals surface area contributed by atoms with Crippen LogP contribution >= 0.6 is 0 Å². The molecule has 1 aromatic carbocycles. The van der Waals surface area contributed by atoms with Crippen LogP contribution in [0.1, 0.15) is 26.7 Å². The molecule has 1 rings (SSSR count). The first-order valence-electron chi connectivity index (χ1n) is 6.45. The van der Waals surface area contributed by atoms with E-state index in [1.807, 2.05) is 6.92 Å². The van der Waals surface area contributed by atoms with Gasteiger partial charge in [0.2, 0.25) is 0 Å². The van der Waals surface area contributed by atoms with E-state index in [-0.39, 0.29) is 18.8 Å². The molecule has 4 nitrogen and oxygen atoms in total. The van der Waals surface area contributed by atoms with Crippen molar-refractivity contribution in [2.24, 2.45) is 0 Å². The zero-order valence-electron chi connectivity index (χ0n) is 11.6. The molecule has 0 aliphatic rings. The minimum atomic E-state index is -1.10. The average molecular weight is 287 g/mol. The minimum Gasteiger partial charge on any atom is -0.493 e. The molecular weight excluding hydrogens is 268 g/mol. The third-order valence-electron chi connectivity index (χ3n) is 3.00.